The molecule has 1 aliphatic rings. The molecular formula is C10H14. The molecule has 0 aromatic heterocycles. The highest BCUT2D eigenvalue weighted by atomic mass is 13.9. The van der Waals surface area contributed by atoms with E-state index in [1.807, 2.05) is 0 Å². The van der Waals surface area contributed by atoms with Gasteiger partial charge in [0.15, 0.2) is 0 Å². The van der Waals surface area contributed by atoms with Gasteiger partial charge >= 0.3 is 0 Å². The van der Waals surface area contributed by atoms with Crippen LogP contribution < -0.4 is 0 Å². The van der Waals surface area contributed by atoms with E-state index in [4.69, 9.17) is 0 Å². The monoisotopic (exact) mass is 134 g/mol. The van der Waals surface area contributed by atoms with Gasteiger partial charge in [-0.05, 0) is 19.3 Å². The third-order valence-corrected chi connectivity index (χ3v) is 1.68. The smallest absolute Gasteiger partial charge is 0.0269 e. The van der Waals surface area contributed by atoms with Crippen molar-refractivity contribution in [3.05, 3.63) is 12.2 Å². The van der Waals surface area contributed by atoms with Crippen molar-refractivity contribution < 1.29 is 0 Å². The maximum absolute atomic E-state index is 3.15. The molecule has 0 heterocycles. The van der Waals surface area contributed by atoms with Crippen molar-refractivity contribution in [2.45, 2.75) is 38.5 Å². The molecule has 54 valence electrons. The van der Waals surface area contributed by atoms with Crippen LogP contribution >= 0.6 is 0 Å². The summed E-state index contributed by atoms with van der Waals surface area (Å²) in [5.74, 6) is 6.27. The molecule has 0 aromatic rings. The summed E-state index contributed by atoms with van der Waals surface area (Å²) in [6.07, 6.45) is 11.7. The van der Waals surface area contributed by atoms with Gasteiger partial charge in [-0.1, -0.05) is 24.5 Å². The lowest BCUT2D eigenvalue weighted by Gasteiger charge is -1.94. The molecule has 0 fully saturated rings. The van der Waals surface area contributed by atoms with Gasteiger partial charge in [-0.3, -0.25) is 0 Å². The lowest BCUT2D eigenvalue weighted by atomic mass is 10.1. The van der Waals surface area contributed by atoms with Gasteiger partial charge in [0.25, 0.3) is 0 Å². The highest BCUT2D eigenvalue weighted by molar-refractivity contribution is 5.04. The topological polar surface area (TPSA) is 0 Å². The summed E-state index contributed by atoms with van der Waals surface area (Å²) < 4.78 is 0. The third kappa shape index (κ3) is 3.35. The third-order valence-electron chi connectivity index (χ3n) is 1.68. The zero-order chi connectivity index (χ0) is 7.07. The Balaban J connectivity index is 2.30. The van der Waals surface area contributed by atoms with E-state index < -0.39 is 0 Å². The maximum atomic E-state index is 3.15. The second kappa shape index (κ2) is 5.11. The molecule has 1 aliphatic carbocycles. The fourth-order valence-corrected chi connectivity index (χ4v) is 1.07. The molecule has 0 radical (unpaired) electrons. The Morgan fingerprint density at radius 2 is 1.90 bits per heavy atom. The van der Waals surface area contributed by atoms with Crippen LogP contribution in [0.5, 0.6) is 0 Å². The van der Waals surface area contributed by atoms with Gasteiger partial charge in [-0.15, -0.1) is 5.92 Å². The van der Waals surface area contributed by atoms with Gasteiger partial charge in [-0.2, -0.15) is 0 Å². The average Bonchev–Trinajstić information content (AvgIpc) is 2.01. The zero-order valence-corrected chi connectivity index (χ0v) is 6.40. The SMILES string of the molecule is C1#CCCCCCC=CC1. The first-order chi connectivity index (χ1) is 5.00. The van der Waals surface area contributed by atoms with Crippen LogP contribution in [0.2, 0.25) is 0 Å². The Kier molecular flexibility index (Phi) is 3.79. The molecular weight excluding hydrogens is 120 g/mol. The first-order valence-electron chi connectivity index (χ1n) is 4.11. The van der Waals surface area contributed by atoms with Crippen molar-refractivity contribution in [2.75, 3.05) is 0 Å². The van der Waals surface area contributed by atoms with Gasteiger partial charge in [0.1, 0.15) is 0 Å². The van der Waals surface area contributed by atoms with Gasteiger partial charge in [0.05, 0.1) is 0 Å². The quantitative estimate of drug-likeness (QED) is 0.353. The second-order valence-corrected chi connectivity index (χ2v) is 2.63. The van der Waals surface area contributed by atoms with Gasteiger partial charge < -0.3 is 0 Å². The van der Waals surface area contributed by atoms with E-state index in [0.717, 1.165) is 12.8 Å². The normalized spacial score (nSPS) is 19.2. The van der Waals surface area contributed by atoms with Gasteiger partial charge in [-0.25, -0.2) is 0 Å². The van der Waals surface area contributed by atoms with Crippen molar-refractivity contribution >= 4 is 0 Å². The van der Waals surface area contributed by atoms with E-state index in [0.29, 0.717) is 0 Å². The summed E-state index contributed by atoms with van der Waals surface area (Å²) in [4.78, 5) is 0. The number of rotatable bonds is 0. The molecule has 0 aliphatic heterocycles. The maximum Gasteiger partial charge on any atom is 0.0269 e. The molecule has 0 bridgehead atoms. The minimum atomic E-state index is 0.958. The molecule has 0 aromatic carbocycles. The molecule has 0 N–H and O–H groups in total. The van der Waals surface area contributed by atoms with Crippen molar-refractivity contribution in [2.24, 2.45) is 0 Å². The predicted octanol–water partition coefficient (Wildman–Crippen LogP) is 2.90. The van der Waals surface area contributed by atoms with Crippen molar-refractivity contribution in [1.82, 2.24) is 0 Å². The fourth-order valence-electron chi connectivity index (χ4n) is 1.07. The largest absolute Gasteiger partial charge is 0.103 e. The summed E-state index contributed by atoms with van der Waals surface area (Å²) in [7, 11) is 0. The molecule has 0 nitrogen and oxygen atoms in total. The van der Waals surface area contributed by atoms with E-state index in [1.165, 1.54) is 25.7 Å². The number of allylic oxidation sites excluding steroid dienone is 2. The Morgan fingerprint density at radius 3 is 2.90 bits per heavy atom. The van der Waals surface area contributed by atoms with Crippen molar-refractivity contribution in [3.8, 4) is 11.8 Å². The fraction of sp³-hybridized carbons (Fsp3) is 0.600. The minimum absolute atomic E-state index is 0.958. The first kappa shape index (κ1) is 7.41. The Bertz CT molecular complexity index is 155. The van der Waals surface area contributed by atoms with Crippen LogP contribution in [0.4, 0.5) is 0 Å². The highest BCUT2D eigenvalue weighted by Crippen LogP contribution is 2.04. The first-order valence-corrected chi connectivity index (χ1v) is 4.11. The molecule has 0 saturated heterocycles. The van der Waals surface area contributed by atoms with Crippen LogP contribution in [-0.2, 0) is 0 Å². The van der Waals surface area contributed by atoms with Crippen LogP contribution in [-0.4, -0.2) is 0 Å². The van der Waals surface area contributed by atoms with E-state index in [-0.39, 0.29) is 0 Å². The molecule has 0 heteroatoms. The highest BCUT2D eigenvalue weighted by Gasteiger charge is 1.86. The summed E-state index contributed by atoms with van der Waals surface area (Å²) in [5.41, 5.74) is 0. The Hall–Kier alpha value is -0.700. The van der Waals surface area contributed by atoms with E-state index in [2.05, 4.69) is 24.0 Å². The van der Waals surface area contributed by atoms with Crippen molar-refractivity contribution in [1.29, 1.82) is 0 Å². The van der Waals surface area contributed by atoms with E-state index >= 15 is 0 Å². The second-order valence-electron chi connectivity index (χ2n) is 2.63. The van der Waals surface area contributed by atoms with Gasteiger partial charge in [0, 0.05) is 12.8 Å². The molecule has 0 amide bonds. The molecule has 0 atom stereocenters. The lowest BCUT2D eigenvalue weighted by molar-refractivity contribution is 0.700. The van der Waals surface area contributed by atoms with Gasteiger partial charge in [0.2, 0.25) is 0 Å². The number of hydrogen-bond acceptors (Lipinski definition) is 0. The number of hydrogen-bond donors (Lipinski definition) is 0. The standard InChI is InChI=1S/C10H14/c1-2-4-6-8-10-9-7-5-3-1/h1-2H,3-5,7,9-10H2. The Morgan fingerprint density at radius 1 is 0.900 bits per heavy atom. The van der Waals surface area contributed by atoms with E-state index in [1.54, 1.807) is 0 Å². The van der Waals surface area contributed by atoms with Crippen LogP contribution in [0.25, 0.3) is 0 Å². The average molecular weight is 134 g/mol. The van der Waals surface area contributed by atoms with Crippen LogP contribution in [0.1, 0.15) is 38.5 Å². The van der Waals surface area contributed by atoms with Crippen LogP contribution in [0, 0.1) is 11.8 Å². The molecule has 0 unspecified atom stereocenters. The van der Waals surface area contributed by atoms with Crippen LogP contribution in [0.15, 0.2) is 12.2 Å². The van der Waals surface area contributed by atoms with Crippen LogP contribution in [0.3, 0.4) is 0 Å². The summed E-state index contributed by atoms with van der Waals surface area (Å²) in [6.45, 7) is 0. The predicted molar refractivity (Wildman–Crippen MR) is 44.6 cm³/mol. The van der Waals surface area contributed by atoms with Crippen molar-refractivity contribution in [3.63, 3.8) is 0 Å². The van der Waals surface area contributed by atoms with E-state index in [9.17, 15) is 0 Å². The summed E-state index contributed by atoms with van der Waals surface area (Å²) >= 11 is 0. The molecule has 0 spiro atoms. The minimum Gasteiger partial charge on any atom is -0.103 e. The zero-order valence-electron chi connectivity index (χ0n) is 6.40. The summed E-state index contributed by atoms with van der Waals surface area (Å²) in [6, 6.07) is 0. The Labute approximate surface area is 63.3 Å². The molecule has 1 rings (SSSR count). The summed E-state index contributed by atoms with van der Waals surface area (Å²) in [5, 5.41) is 0. The molecule has 10 heavy (non-hydrogen) atoms. The molecule has 0 saturated carbocycles. The lowest BCUT2D eigenvalue weighted by Crippen LogP contribution is -1.77.